The molecule has 2 amide bonds. The molecule has 0 saturated carbocycles. The summed E-state index contributed by atoms with van der Waals surface area (Å²) in [5.41, 5.74) is 1.32. The second-order valence-electron chi connectivity index (χ2n) is 6.88. The number of nitrogens with one attached hydrogen (secondary N) is 1. The summed E-state index contributed by atoms with van der Waals surface area (Å²) in [4.78, 5) is 26.1. The summed E-state index contributed by atoms with van der Waals surface area (Å²) in [6.07, 6.45) is 3.19. The summed E-state index contributed by atoms with van der Waals surface area (Å²) in [6, 6.07) is 7.20. The van der Waals surface area contributed by atoms with Crippen molar-refractivity contribution in [2.45, 2.75) is 31.8 Å². The lowest BCUT2D eigenvalue weighted by atomic mass is 10.0. The van der Waals surface area contributed by atoms with Gasteiger partial charge in [-0.05, 0) is 37.0 Å². The van der Waals surface area contributed by atoms with Crippen molar-refractivity contribution in [3.63, 3.8) is 0 Å². The molecule has 2 heterocycles. The van der Waals surface area contributed by atoms with Gasteiger partial charge in [-0.25, -0.2) is 8.42 Å². The van der Waals surface area contributed by atoms with Crippen LogP contribution in [0.2, 0.25) is 0 Å². The fourth-order valence-electron chi connectivity index (χ4n) is 3.73. The lowest BCUT2D eigenvalue weighted by molar-refractivity contribution is -0.116. The summed E-state index contributed by atoms with van der Waals surface area (Å²) >= 11 is 0. The number of carbonyl (C=O) groups excluding carboxylic acids is 2. The molecule has 0 aromatic heterocycles. The van der Waals surface area contributed by atoms with E-state index in [0.29, 0.717) is 44.5 Å². The molecule has 0 bridgehead atoms. The van der Waals surface area contributed by atoms with E-state index in [1.807, 2.05) is 12.1 Å². The Hall–Kier alpha value is -2.19. The smallest absolute Gasteiger partial charge is 0.254 e. The molecule has 1 N–H and O–H groups in total. The molecule has 0 spiro atoms. The van der Waals surface area contributed by atoms with E-state index in [2.05, 4.69) is 11.9 Å². The predicted molar refractivity (Wildman–Crippen MR) is 103 cm³/mol. The number of hydrogen-bond acceptors (Lipinski definition) is 4. The third-order valence-corrected chi connectivity index (χ3v) is 7.18. The monoisotopic (exact) mass is 391 g/mol. The molecule has 8 heteroatoms. The van der Waals surface area contributed by atoms with Crippen molar-refractivity contribution in [2.75, 3.05) is 25.4 Å². The topological polar surface area (TPSA) is 86.8 Å². The summed E-state index contributed by atoms with van der Waals surface area (Å²) in [5, 5.41) is 2.70. The van der Waals surface area contributed by atoms with Crippen molar-refractivity contribution < 1.29 is 18.0 Å². The van der Waals surface area contributed by atoms with Gasteiger partial charge >= 0.3 is 0 Å². The first-order chi connectivity index (χ1) is 12.9. The first kappa shape index (κ1) is 19.6. The lowest BCUT2D eigenvalue weighted by Crippen LogP contribution is -2.47. The van der Waals surface area contributed by atoms with E-state index < -0.39 is 10.0 Å². The molecule has 0 atom stereocenters. The molecule has 0 aliphatic carbocycles. The minimum atomic E-state index is -3.12. The SMILES string of the molecule is C=CC(=O)NCc1ccccc1C(=O)N1CCC(N2CCCS2(=O)=O)CC1. The molecule has 7 nitrogen and oxygen atoms in total. The molecule has 27 heavy (non-hydrogen) atoms. The van der Waals surface area contributed by atoms with E-state index in [0.717, 1.165) is 5.56 Å². The molecular weight excluding hydrogens is 366 g/mol. The molecular formula is C19H25N3O4S. The van der Waals surface area contributed by atoms with Crippen molar-refractivity contribution >= 4 is 21.8 Å². The predicted octanol–water partition coefficient (Wildman–Crippen LogP) is 1.13. The third kappa shape index (κ3) is 4.39. The maximum atomic E-state index is 13.0. The van der Waals surface area contributed by atoms with Crippen LogP contribution in [0.15, 0.2) is 36.9 Å². The minimum absolute atomic E-state index is 0.0105. The van der Waals surface area contributed by atoms with Gasteiger partial charge in [-0.1, -0.05) is 24.8 Å². The number of nitrogens with zero attached hydrogens (tertiary/aromatic N) is 2. The fourth-order valence-corrected chi connectivity index (χ4v) is 5.53. The highest BCUT2D eigenvalue weighted by atomic mass is 32.2. The van der Waals surface area contributed by atoms with Crippen LogP contribution in [0.1, 0.15) is 35.2 Å². The maximum Gasteiger partial charge on any atom is 0.254 e. The van der Waals surface area contributed by atoms with E-state index in [1.165, 1.54) is 6.08 Å². The summed E-state index contributed by atoms with van der Waals surface area (Å²) in [6.45, 7) is 5.33. The summed E-state index contributed by atoms with van der Waals surface area (Å²) < 4.78 is 25.8. The van der Waals surface area contributed by atoms with Gasteiger partial charge in [0.25, 0.3) is 5.91 Å². The van der Waals surface area contributed by atoms with Crippen molar-refractivity contribution in [1.29, 1.82) is 0 Å². The Morgan fingerprint density at radius 1 is 1.19 bits per heavy atom. The summed E-state index contributed by atoms with van der Waals surface area (Å²) in [5.74, 6) is -0.137. The highest BCUT2D eigenvalue weighted by molar-refractivity contribution is 7.89. The quantitative estimate of drug-likeness (QED) is 0.763. The second-order valence-corrected chi connectivity index (χ2v) is 8.92. The van der Waals surface area contributed by atoms with Crippen LogP contribution >= 0.6 is 0 Å². The van der Waals surface area contributed by atoms with Gasteiger partial charge in [0.2, 0.25) is 15.9 Å². The minimum Gasteiger partial charge on any atom is -0.348 e. The maximum absolute atomic E-state index is 13.0. The van der Waals surface area contributed by atoms with Crippen LogP contribution in [-0.2, 0) is 21.4 Å². The van der Waals surface area contributed by atoms with Crippen molar-refractivity contribution in [3.05, 3.63) is 48.0 Å². The number of likely N-dealkylation sites (tertiary alicyclic amines) is 1. The zero-order chi connectivity index (χ0) is 19.4. The van der Waals surface area contributed by atoms with Gasteiger partial charge in [0.05, 0.1) is 5.75 Å². The number of carbonyl (C=O) groups is 2. The van der Waals surface area contributed by atoms with Crippen LogP contribution in [0.25, 0.3) is 0 Å². The Kier molecular flexibility index (Phi) is 5.96. The zero-order valence-corrected chi connectivity index (χ0v) is 16.1. The standard InChI is InChI=1S/C19H25N3O4S/c1-2-18(23)20-14-15-6-3-4-7-17(15)19(24)21-11-8-16(9-12-21)22-10-5-13-27(22,25)26/h2-4,6-7,16H,1,5,8-14H2,(H,20,23). The Morgan fingerprint density at radius 3 is 2.52 bits per heavy atom. The second kappa shape index (κ2) is 8.22. The highest BCUT2D eigenvalue weighted by Crippen LogP contribution is 2.25. The van der Waals surface area contributed by atoms with Gasteiger partial charge in [-0.2, -0.15) is 4.31 Å². The van der Waals surface area contributed by atoms with Crippen LogP contribution in [0.4, 0.5) is 0 Å². The molecule has 3 rings (SSSR count). The average Bonchev–Trinajstić information content (AvgIpc) is 3.05. The van der Waals surface area contributed by atoms with Gasteiger partial charge in [-0.15, -0.1) is 0 Å². The molecule has 1 aromatic carbocycles. The van der Waals surface area contributed by atoms with E-state index in [-0.39, 0.29) is 30.2 Å². The molecule has 2 aliphatic heterocycles. The van der Waals surface area contributed by atoms with Gasteiger partial charge in [0.1, 0.15) is 0 Å². The number of sulfonamides is 1. The number of hydrogen-bond donors (Lipinski definition) is 1. The van der Waals surface area contributed by atoms with Crippen molar-refractivity contribution in [3.8, 4) is 0 Å². The van der Waals surface area contributed by atoms with Crippen LogP contribution in [0.5, 0.6) is 0 Å². The molecule has 1 aromatic rings. The molecule has 2 saturated heterocycles. The van der Waals surface area contributed by atoms with E-state index in [9.17, 15) is 18.0 Å². The van der Waals surface area contributed by atoms with E-state index in [1.54, 1.807) is 21.3 Å². The molecule has 2 aliphatic rings. The molecule has 146 valence electrons. The van der Waals surface area contributed by atoms with Gasteiger partial charge in [0.15, 0.2) is 0 Å². The van der Waals surface area contributed by atoms with Crippen LogP contribution < -0.4 is 5.32 Å². The Bertz CT molecular complexity index is 829. The lowest BCUT2D eigenvalue weighted by Gasteiger charge is -2.36. The normalized spacial score (nSPS) is 20.4. The van der Waals surface area contributed by atoms with Crippen LogP contribution in [0, 0.1) is 0 Å². The highest BCUT2D eigenvalue weighted by Gasteiger charge is 2.36. The number of benzene rings is 1. The Morgan fingerprint density at radius 2 is 1.89 bits per heavy atom. The van der Waals surface area contributed by atoms with Crippen LogP contribution in [0.3, 0.4) is 0 Å². The van der Waals surface area contributed by atoms with Crippen LogP contribution in [-0.4, -0.2) is 60.9 Å². The molecule has 0 unspecified atom stereocenters. The van der Waals surface area contributed by atoms with Crippen molar-refractivity contribution in [2.24, 2.45) is 0 Å². The Balaban J connectivity index is 1.64. The largest absolute Gasteiger partial charge is 0.348 e. The molecule has 0 radical (unpaired) electrons. The van der Waals surface area contributed by atoms with Gasteiger partial charge < -0.3 is 10.2 Å². The first-order valence-electron chi connectivity index (χ1n) is 9.19. The first-order valence-corrected chi connectivity index (χ1v) is 10.8. The average molecular weight is 391 g/mol. The molecule has 2 fully saturated rings. The number of piperidine rings is 1. The third-order valence-electron chi connectivity index (χ3n) is 5.18. The van der Waals surface area contributed by atoms with E-state index in [4.69, 9.17) is 0 Å². The van der Waals surface area contributed by atoms with Gasteiger partial charge in [0, 0.05) is 37.8 Å². The van der Waals surface area contributed by atoms with Crippen molar-refractivity contribution in [1.82, 2.24) is 14.5 Å². The fraction of sp³-hybridized carbons (Fsp3) is 0.474. The van der Waals surface area contributed by atoms with Gasteiger partial charge in [-0.3, -0.25) is 9.59 Å². The summed E-state index contributed by atoms with van der Waals surface area (Å²) in [7, 11) is -3.12. The van der Waals surface area contributed by atoms with E-state index >= 15 is 0 Å². The number of amides is 2. The Labute approximate surface area is 160 Å². The number of rotatable bonds is 5. The zero-order valence-electron chi connectivity index (χ0n) is 15.3.